The highest BCUT2D eigenvalue weighted by atomic mass is 32.2. The molecule has 2 heterocycles. The average molecular weight is 359 g/mol. The highest BCUT2D eigenvalue weighted by molar-refractivity contribution is 7.99. The van der Waals surface area contributed by atoms with Crippen LogP contribution in [0.2, 0.25) is 0 Å². The molecular formula is C20H26N2O2S. The van der Waals surface area contributed by atoms with Gasteiger partial charge in [-0.1, -0.05) is 23.8 Å². The monoisotopic (exact) mass is 358 g/mol. The van der Waals surface area contributed by atoms with Crippen LogP contribution in [-0.4, -0.2) is 65.2 Å². The maximum Gasteiger partial charge on any atom is 0.230 e. The summed E-state index contributed by atoms with van der Waals surface area (Å²) >= 11 is 1.95. The number of hydrogen-bond donors (Lipinski definition) is 0. The number of amides is 1. The molecule has 1 amide bonds. The first-order valence-corrected chi connectivity index (χ1v) is 10.5. The van der Waals surface area contributed by atoms with Crippen molar-refractivity contribution in [2.75, 3.05) is 37.7 Å². The molecule has 2 aliphatic heterocycles. The highest BCUT2D eigenvalue weighted by Crippen LogP contribution is 2.36. The summed E-state index contributed by atoms with van der Waals surface area (Å²) in [5, 5.41) is 0. The van der Waals surface area contributed by atoms with Gasteiger partial charge in [0.15, 0.2) is 5.78 Å². The zero-order chi connectivity index (χ0) is 17.4. The summed E-state index contributed by atoms with van der Waals surface area (Å²) in [4.78, 5) is 30.3. The summed E-state index contributed by atoms with van der Waals surface area (Å²) in [6.45, 7) is 6.15. The molecule has 4 rings (SSSR count). The van der Waals surface area contributed by atoms with Crippen molar-refractivity contribution in [1.29, 1.82) is 0 Å². The van der Waals surface area contributed by atoms with Crippen LogP contribution in [0.4, 0.5) is 0 Å². The van der Waals surface area contributed by atoms with Crippen molar-refractivity contribution in [2.24, 2.45) is 0 Å². The van der Waals surface area contributed by atoms with Crippen molar-refractivity contribution in [1.82, 2.24) is 9.80 Å². The number of carbonyl (C=O) groups excluding carboxylic acids is 2. The van der Waals surface area contributed by atoms with E-state index in [0.29, 0.717) is 6.42 Å². The fraction of sp³-hybridized carbons (Fsp3) is 0.600. The van der Waals surface area contributed by atoms with Gasteiger partial charge in [0.05, 0.1) is 12.0 Å². The van der Waals surface area contributed by atoms with Crippen LogP contribution in [0.3, 0.4) is 0 Å². The molecule has 1 aromatic rings. The highest BCUT2D eigenvalue weighted by Gasteiger charge is 2.39. The number of aryl methyl sites for hydroxylation is 1. The van der Waals surface area contributed by atoms with Gasteiger partial charge in [-0.05, 0) is 38.4 Å². The molecule has 3 aliphatic rings. The van der Waals surface area contributed by atoms with Gasteiger partial charge in [-0.25, -0.2) is 0 Å². The number of likely N-dealkylation sites (tertiary alicyclic amines) is 1. The molecule has 0 N–H and O–H groups in total. The Morgan fingerprint density at radius 2 is 2.04 bits per heavy atom. The van der Waals surface area contributed by atoms with Crippen molar-refractivity contribution in [3.8, 4) is 0 Å². The first-order chi connectivity index (χ1) is 12.1. The average Bonchev–Trinajstić information content (AvgIpc) is 3.23. The number of fused-ring (bicyclic) bond motifs is 1. The number of carbonyl (C=O) groups is 2. The summed E-state index contributed by atoms with van der Waals surface area (Å²) < 4.78 is 0. The molecule has 1 aromatic carbocycles. The van der Waals surface area contributed by atoms with Gasteiger partial charge in [-0.3, -0.25) is 9.59 Å². The van der Waals surface area contributed by atoms with Crippen molar-refractivity contribution in [2.45, 2.75) is 38.1 Å². The minimum Gasteiger partial charge on any atom is -0.336 e. The van der Waals surface area contributed by atoms with E-state index in [0.717, 1.165) is 54.4 Å². The SMILES string of the molecule is Cc1ccc2c(c1)C(C(=O)N1CCSCC1CN1CCCC1)CC2=O. The Labute approximate surface area is 153 Å². The summed E-state index contributed by atoms with van der Waals surface area (Å²) in [6.07, 6.45) is 2.90. The van der Waals surface area contributed by atoms with Gasteiger partial charge in [-0.2, -0.15) is 11.8 Å². The lowest BCUT2D eigenvalue weighted by atomic mass is 9.97. The molecule has 0 radical (unpaired) electrons. The maximum atomic E-state index is 13.4. The zero-order valence-corrected chi connectivity index (χ0v) is 15.7. The van der Waals surface area contributed by atoms with Gasteiger partial charge in [0.2, 0.25) is 5.91 Å². The Bertz CT molecular complexity index is 684. The van der Waals surface area contributed by atoms with Crippen LogP contribution in [0, 0.1) is 6.92 Å². The number of Topliss-reactive ketones (excluding diaryl/α,β-unsaturated/α-hetero) is 1. The number of benzene rings is 1. The van der Waals surface area contributed by atoms with E-state index in [4.69, 9.17) is 0 Å². The van der Waals surface area contributed by atoms with Crippen LogP contribution >= 0.6 is 11.8 Å². The Morgan fingerprint density at radius 3 is 2.84 bits per heavy atom. The molecule has 0 saturated carbocycles. The molecule has 0 spiro atoms. The predicted molar refractivity (Wildman–Crippen MR) is 101 cm³/mol. The normalized spacial score (nSPS) is 26.9. The molecule has 2 saturated heterocycles. The quantitative estimate of drug-likeness (QED) is 0.833. The fourth-order valence-electron chi connectivity index (χ4n) is 4.41. The topological polar surface area (TPSA) is 40.6 Å². The lowest BCUT2D eigenvalue weighted by Gasteiger charge is -2.39. The van der Waals surface area contributed by atoms with Gasteiger partial charge in [0, 0.05) is 36.6 Å². The second kappa shape index (κ2) is 7.12. The number of ketones is 1. The van der Waals surface area contributed by atoms with Crippen LogP contribution < -0.4 is 0 Å². The number of thioether (sulfide) groups is 1. The smallest absolute Gasteiger partial charge is 0.230 e. The first-order valence-electron chi connectivity index (χ1n) is 9.38. The van der Waals surface area contributed by atoms with Gasteiger partial charge >= 0.3 is 0 Å². The van der Waals surface area contributed by atoms with Gasteiger partial charge < -0.3 is 9.80 Å². The first kappa shape index (κ1) is 17.1. The molecule has 2 atom stereocenters. The Morgan fingerprint density at radius 1 is 1.24 bits per heavy atom. The summed E-state index contributed by atoms with van der Waals surface area (Å²) in [7, 11) is 0. The standard InChI is InChI=1S/C20H26N2O2S/c1-14-4-5-16-17(10-14)18(11-19(16)23)20(24)22-8-9-25-13-15(22)12-21-6-2-3-7-21/h4-5,10,15,18H,2-3,6-9,11-13H2,1H3. The van der Waals surface area contributed by atoms with Crippen LogP contribution in [-0.2, 0) is 4.79 Å². The molecule has 0 aromatic heterocycles. The summed E-state index contributed by atoms with van der Waals surface area (Å²) in [6, 6.07) is 6.19. The maximum absolute atomic E-state index is 13.4. The largest absolute Gasteiger partial charge is 0.336 e. The number of rotatable bonds is 3. The van der Waals surface area contributed by atoms with Crippen molar-refractivity contribution >= 4 is 23.5 Å². The van der Waals surface area contributed by atoms with Crippen LogP contribution in [0.5, 0.6) is 0 Å². The van der Waals surface area contributed by atoms with Crippen LogP contribution in [0.1, 0.15) is 46.7 Å². The van der Waals surface area contributed by atoms with Crippen LogP contribution in [0.25, 0.3) is 0 Å². The van der Waals surface area contributed by atoms with Crippen molar-refractivity contribution < 1.29 is 9.59 Å². The predicted octanol–water partition coefficient (Wildman–Crippen LogP) is 2.70. The van der Waals surface area contributed by atoms with Gasteiger partial charge in [0.25, 0.3) is 0 Å². The van der Waals surface area contributed by atoms with E-state index in [1.165, 1.54) is 12.8 Å². The molecular weight excluding hydrogens is 332 g/mol. The minimum atomic E-state index is -0.272. The van der Waals surface area contributed by atoms with Crippen molar-refractivity contribution in [3.63, 3.8) is 0 Å². The molecule has 134 valence electrons. The number of hydrogen-bond acceptors (Lipinski definition) is 4. The molecule has 4 nitrogen and oxygen atoms in total. The molecule has 2 fully saturated rings. The molecule has 1 aliphatic carbocycles. The summed E-state index contributed by atoms with van der Waals surface area (Å²) in [5.74, 6) is 2.04. The van der Waals surface area contributed by atoms with E-state index in [1.807, 2.05) is 36.9 Å². The van der Waals surface area contributed by atoms with E-state index in [1.54, 1.807) is 0 Å². The third-order valence-corrected chi connectivity index (χ3v) is 6.84. The summed E-state index contributed by atoms with van der Waals surface area (Å²) in [5.41, 5.74) is 2.83. The Kier molecular flexibility index (Phi) is 4.87. The van der Waals surface area contributed by atoms with Gasteiger partial charge in [0.1, 0.15) is 0 Å². The molecule has 5 heteroatoms. The Hall–Kier alpha value is -1.33. The van der Waals surface area contributed by atoms with Crippen molar-refractivity contribution in [3.05, 3.63) is 34.9 Å². The third-order valence-electron chi connectivity index (χ3n) is 5.75. The molecule has 25 heavy (non-hydrogen) atoms. The number of nitrogens with zero attached hydrogens (tertiary/aromatic N) is 2. The van der Waals surface area contributed by atoms with E-state index in [-0.39, 0.29) is 23.7 Å². The lowest BCUT2D eigenvalue weighted by molar-refractivity contribution is -0.134. The van der Waals surface area contributed by atoms with E-state index in [2.05, 4.69) is 9.80 Å². The van der Waals surface area contributed by atoms with E-state index in [9.17, 15) is 9.59 Å². The molecule has 2 unspecified atom stereocenters. The zero-order valence-electron chi connectivity index (χ0n) is 14.9. The van der Waals surface area contributed by atoms with E-state index < -0.39 is 0 Å². The minimum absolute atomic E-state index is 0.121. The molecule has 0 bridgehead atoms. The third kappa shape index (κ3) is 3.36. The fourth-order valence-corrected chi connectivity index (χ4v) is 5.46. The Balaban J connectivity index is 1.55. The van der Waals surface area contributed by atoms with Gasteiger partial charge in [-0.15, -0.1) is 0 Å². The lowest BCUT2D eigenvalue weighted by Crippen LogP contribution is -2.52. The second-order valence-corrected chi connectivity index (χ2v) is 8.69. The van der Waals surface area contributed by atoms with E-state index >= 15 is 0 Å². The van der Waals surface area contributed by atoms with Crippen LogP contribution in [0.15, 0.2) is 18.2 Å². The second-order valence-electron chi connectivity index (χ2n) is 7.54.